The van der Waals surface area contributed by atoms with Crippen LogP contribution in [-0.4, -0.2) is 22.7 Å². The minimum absolute atomic E-state index is 0.405. The van der Waals surface area contributed by atoms with Crippen molar-refractivity contribution in [2.45, 2.75) is 104 Å². The molecule has 0 saturated carbocycles. The van der Waals surface area contributed by atoms with Gasteiger partial charge in [-0.05, 0) is 37.9 Å². The summed E-state index contributed by atoms with van der Waals surface area (Å²) in [4.78, 5) is 4.99. The normalized spacial score (nSPS) is 11.6. The molecule has 1 aromatic carbocycles. The zero-order chi connectivity index (χ0) is 20.9. The largest absolute Gasteiger partial charge is 0.491 e. The van der Waals surface area contributed by atoms with E-state index in [-0.39, 0.29) is 0 Å². The molecule has 0 aliphatic heterocycles. The second-order valence-electron chi connectivity index (χ2n) is 8.57. The Morgan fingerprint density at radius 1 is 0.931 bits per heavy atom. The van der Waals surface area contributed by atoms with Gasteiger partial charge in [-0.2, -0.15) is 0 Å². The van der Waals surface area contributed by atoms with Gasteiger partial charge in [0.1, 0.15) is 17.1 Å². The van der Waals surface area contributed by atoms with Crippen LogP contribution in [0, 0.1) is 0 Å². The number of imidazole rings is 1. The summed E-state index contributed by atoms with van der Waals surface area (Å²) in [5.41, 5.74) is 7.86. The van der Waals surface area contributed by atoms with Crippen LogP contribution in [0.1, 0.15) is 103 Å². The zero-order valence-corrected chi connectivity index (χ0v) is 19.1. The predicted octanol–water partition coefficient (Wildman–Crippen LogP) is 6.81. The first-order valence-corrected chi connectivity index (χ1v) is 12.0. The number of rotatable bonds is 16. The fourth-order valence-corrected chi connectivity index (χ4v) is 3.94. The summed E-state index contributed by atoms with van der Waals surface area (Å²) < 4.78 is 8.57. The standard InChI is InChI=1S/C25H43N3O/c1-4-5-6-7-8-11-14-20-29-23-17-15-16-22-24(23)27-25(21(2)3)28(22)19-13-10-9-12-18-26/h15-17,21H,4-14,18-20,26H2,1-3H3. The quantitative estimate of drug-likeness (QED) is 0.314. The van der Waals surface area contributed by atoms with Gasteiger partial charge in [-0.25, -0.2) is 4.98 Å². The number of unbranched alkanes of at least 4 members (excludes halogenated alkanes) is 9. The van der Waals surface area contributed by atoms with Gasteiger partial charge in [0.05, 0.1) is 12.1 Å². The molecule has 0 bridgehead atoms. The summed E-state index contributed by atoms with van der Waals surface area (Å²) in [6, 6.07) is 6.38. The summed E-state index contributed by atoms with van der Waals surface area (Å²) in [6.45, 7) is 9.33. The molecule has 2 N–H and O–H groups in total. The number of para-hydroxylation sites is 1. The number of hydrogen-bond acceptors (Lipinski definition) is 3. The molecule has 164 valence electrons. The zero-order valence-electron chi connectivity index (χ0n) is 19.1. The first-order valence-electron chi connectivity index (χ1n) is 12.0. The fourth-order valence-electron chi connectivity index (χ4n) is 3.94. The van der Waals surface area contributed by atoms with Gasteiger partial charge in [0.15, 0.2) is 0 Å². The molecular formula is C25H43N3O. The monoisotopic (exact) mass is 401 g/mol. The lowest BCUT2D eigenvalue weighted by atomic mass is 10.1. The third-order valence-electron chi connectivity index (χ3n) is 5.63. The van der Waals surface area contributed by atoms with Gasteiger partial charge in [0.25, 0.3) is 0 Å². The summed E-state index contributed by atoms with van der Waals surface area (Å²) in [5, 5.41) is 0. The van der Waals surface area contributed by atoms with Crippen LogP contribution in [0.4, 0.5) is 0 Å². The van der Waals surface area contributed by atoms with Gasteiger partial charge in [0.2, 0.25) is 0 Å². The van der Waals surface area contributed by atoms with Crippen LogP contribution in [0.3, 0.4) is 0 Å². The second kappa shape index (κ2) is 13.6. The number of aryl methyl sites for hydroxylation is 1. The van der Waals surface area contributed by atoms with Gasteiger partial charge in [-0.15, -0.1) is 0 Å². The van der Waals surface area contributed by atoms with E-state index < -0.39 is 0 Å². The molecule has 1 heterocycles. The van der Waals surface area contributed by atoms with Gasteiger partial charge in [-0.1, -0.05) is 78.2 Å². The smallest absolute Gasteiger partial charge is 0.147 e. The lowest BCUT2D eigenvalue weighted by molar-refractivity contribution is 0.307. The van der Waals surface area contributed by atoms with Crippen LogP contribution >= 0.6 is 0 Å². The molecule has 29 heavy (non-hydrogen) atoms. The molecule has 0 atom stereocenters. The third kappa shape index (κ3) is 7.65. The molecule has 0 fully saturated rings. The molecule has 2 aromatic rings. The van der Waals surface area contributed by atoms with Gasteiger partial charge in [0, 0.05) is 12.5 Å². The molecule has 4 nitrogen and oxygen atoms in total. The van der Waals surface area contributed by atoms with Crippen molar-refractivity contribution < 1.29 is 4.74 Å². The maximum absolute atomic E-state index is 6.16. The van der Waals surface area contributed by atoms with E-state index in [1.807, 2.05) is 0 Å². The molecule has 4 heteroatoms. The molecule has 0 aliphatic rings. The van der Waals surface area contributed by atoms with E-state index in [0.717, 1.165) is 43.8 Å². The number of nitrogens with two attached hydrogens (primary N) is 1. The molecule has 0 radical (unpaired) electrons. The SMILES string of the molecule is CCCCCCCCCOc1cccc2c1nc(C(C)C)n2CCCCCCN. The van der Waals surface area contributed by atoms with E-state index in [0.29, 0.717) is 5.92 Å². The topological polar surface area (TPSA) is 53.1 Å². The van der Waals surface area contributed by atoms with E-state index in [2.05, 4.69) is 43.5 Å². The maximum atomic E-state index is 6.16. The first-order chi connectivity index (χ1) is 14.2. The predicted molar refractivity (Wildman–Crippen MR) is 125 cm³/mol. The highest BCUT2D eigenvalue weighted by Crippen LogP contribution is 2.29. The molecule has 0 aliphatic carbocycles. The summed E-state index contributed by atoms with van der Waals surface area (Å²) >= 11 is 0. The molecular weight excluding hydrogens is 358 g/mol. The molecule has 0 spiro atoms. The molecule has 0 amide bonds. The lowest BCUT2D eigenvalue weighted by Gasteiger charge is -2.11. The van der Waals surface area contributed by atoms with Crippen molar-refractivity contribution >= 4 is 11.0 Å². The molecule has 0 unspecified atom stereocenters. The molecule has 0 saturated heterocycles. The van der Waals surface area contributed by atoms with E-state index in [4.69, 9.17) is 15.5 Å². The Morgan fingerprint density at radius 3 is 2.34 bits per heavy atom. The number of hydrogen-bond donors (Lipinski definition) is 1. The minimum atomic E-state index is 0.405. The molecule has 2 rings (SSSR count). The Kier molecular flexibility index (Phi) is 11.2. The Bertz CT molecular complexity index is 693. The number of ether oxygens (including phenoxy) is 1. The average Bonchev–Trinajstić information content (AvgIpc) is 3.09. The summed E-state index contributed by atoms with van der Waals surface area (Å²) in [6.07, 6.45) is 13.9. The van der Waals surface area contributed by atoms with E-state index in [9.17, 15) is 0 Å². The van der Waals surface area contributed by atoms with Gasteiger partial charge in [-0.3, -0.25) is 0 Å². The Morgan fingerprint density at radius 2 is 1.62 bits per heavy atom. The van der Waals surface area contributed by atoms with Crippen LogP contribution in [-0.2, 0) is 6.54 Å². The van der Waals surface area contributed by atoms with Gasteiger partial charge >= 0.3 is 0 Å². The van der Waals surface area contributed by atoms with Crippen molar-refractivity contribution in [2.24, 2.45) is 5.73 Å². The van der Waals surface area contributed by atoms with E-state index in [1.54, 1.807) is 0 Å². The number of benzene rings is 1. The number of fused-ring (bicyclic) bond motifs is 1. The average molecular weight is 402 g/mol. The van der Waals surface area contributed by atoms with Crippen molar-refractivity contribution in [1.82, 2.24) is 9.55 Å². The van der Waals surface area contributed by atoms with Crippen LogP contribution < -0.4 is 10.5 Å². The summed E-state index contributed by atoms with van der Waals surface area (Å²) in [7, 11) is 0. The van der Waals surface area contributed by atoms with Crippen molar-refractivity contribution in [3.8, 4) is 5.75 Å². The fraction of sp³-hybridized carbons (Fsp3) is 0.720. The van der Waals surface area contributed by atoms with Crippen LogP contribution in [0.15, 0.2) is 18.2 Å². The molecule has 1 aromatic heterocycles. The minimum Gasteiger partial charge on any atom is -0.491 e. The number of nitrogens with zero attached hydrogens (tertiary/aromatic N) is 2. The maximum Gasteiger partial charge on any atom is 0.147 e. The highest BCUT2D eigenvalue weighted by atomic mass is 16.5. The summed E-state index contributed by atoms with van der Waals surface area (Å²) in [5.74, 6) is 2.52. The Balaban J connectivity index is 1.95. The van der Waals surface area contributed by atoms with E-state index >= 15 is 0 Å². The van der Waals surface area contributed by atoms with Crippen LogP contribution in [0.5, 0.6) is 5.75 Å². The highest BCUT2D eigenvalue weighted by Gasteiger charge is 2.16. The van der Waals surface area contributed by atoms with Crippen molar-refractivity contribution in [2.75, 3.05) is 13.2 Å². The third-order valence-corrected chi connectivity index (χ3v) is 5.63. The van der Waals surface area contributed by atoms with Crippen molar-refractivity contribution in [3.63, 3.8) is 0 Å². The van der Waals surface area contributed by atoms with Crippen molar-refractivity contribution in [3.05, 3.63) is 24.0 Å². The number of aromatic nitrogens is 2. The van der Waals surface area contributed by atoms with Crippen LogP contribution in [0.25, 0.3) is 11.0 Å². The lowest BCUT2D eigenvalue weighted by Crippen LogP contribution is -2.06. The first kappa shape index (κ1) is 23.7. The Labute approximate surface area is 178 Å². The highest BCUT2D eigenvalue weighted by molar-refractivity contribution is 5.82. The second-order valence-corrected chi connectivity index (χ2v) is 8.57. The van der Waals surface area contributed by atoms with Crippen molar-refractivity contribution in [1.29, 1.82) is 0 Å². The van der Waals surface area contributed by atoms with Crippen LogP contribution in [0.2, 0.25) is 0 Å². The Hall–Kier alpha value is -1.55. The van der Waals surface area contributed by atoms with Gasteiger partial charge < -0.3 is 15.0 Å². The van der Waals surface area contributed by atoms with E-state index in [1.165, 1.54) is 69.1 Å².